The van der Waals surface area contributed by atoms with E-state index in [0.717, 1.165) is 11.1 Å². The molecule has 5 heteroatoms. The van der Waals surface area contributed by atoms with Crippen molar-refractivity contribution >= 4 is 11.9 Å². The Morgan fingerprint density at radius 1 is 1.24 bits per heavy atom. The number of amides is 1. The van der Waals surface area contributed by atoms with E-state index in [-0.39, 0.29) is 23.7 Å². The van der Waals surface area contributed by atoms with E-state index in [1.54, 1.807) is 4.90 Å². The van der Waals surface area contributed by atoms with Crippen LogP contribution in [0.1, 0.15) is 28.4 Å². The largest absolute Gasteiger partial charge is 0.469 e. The van der Waals surface area contributed by atoms with Gasteiger partial charge in [-0.05, 0) is 29.2 Å². The van der Waals surface area contributed by atoms with Crippen LogP contribution in [0.15, 0.2) is 18.2 Å². The fraction of sp³-hybridized carbons (Fsp3) is 0.500. The molecule has 0 saturated carbocycles. The third-order valence-corrected chi connectivity index (χ3v) is 4.37. The van der Waals surface area contributed by atoms with Crippen LogP contribution in [0, 0.1) is 11.8 Å². The van der Waals surface area contributed by atoms with Gasteiger partial charge in [0.2, 0.25) is 0 Å². The molecule has 112 valence electrons. The molecule has 5 nitrogen and oxygen atoms in total. The average molecular weight is 289 g/mol. The van der Waals surface area contributed by atoms with E-state index >= 15 is 0 Å². The topological polar surface area (TPSA) is 55.8 Å². The second kappa shape index (κ2) is 5.48. The molecule has 0 spiro atoms. The smallest absolute Gasteiger partial charge is 0.310 e. The van der Waals surface area contributed by atoms with Crippen molar-refractivity contribution in [3.8, 4) is 0 Å². The number of esters is 1. The number of nitrogens with zero attached hydrogens (tertiary/aromatic N) is 1. The van der Waals surface area contributed by atoms with Gasteiger partial charge in [-0.25, -0.2) is 0 Å². The zero-order valence-corrected chi connectivity index (χ0v) is 12.3. The van der Waals surface area contributed by atoms with E-state index in [9.17, 15) is 9.59 Å². The van der Waals surface area contributed by atoms with Crippen LogP contribution in [0.25, 0.3) is 0 Å². The number of carbonyl (C=O) groups is 2. The Kier molecular flexibility index (Phi) is 3.68. The third kappa shape index (κ3) is 2.53. The second-order valence-corrected chi connectivity index (χ2v) is 5.79. The molecule has 1 amide bonds. The lowest BCUT2D eigenvalue weighted by molar-refractivity contribution is -0.146. The van der Waals surface area contributed by atoms with Crippen LogP contribution >= 0.6 is 0 Å². The minimum Gasteiger partial charge on any atom is -0.469 e. The van der Waals surface area contributed by atoms with E-state index in [1.165, 1.54) is 7.11 Å². The van der Waals surface area contributed by atoms with E-state index in [0.29, 0.717) is 31.9 Å². The fourth-order valence-electron chi connectivity index (χ4n) is 3.08. The number of benzene rings is 1. The average Bonchev–Trinajstić information content (AvgIpc) is 3.11. The highest BCUT2D eigenvalue weighted by Gasteiger charge is 2.38. The van der Waals surface area contributed by atoms with Crippen LogP contribution in [0.4, 0.5) is 0 Å². The first-order valence-corrected chi connectivity index (χ1v) is 7.17. The van der Waals surface area contributed by atoms with Crippen molar-refractivity contribution < 1.29 is 19.1 Å². The Bertz CT molecular complexity index is 584. The number of likely N-dealkylation sites (tertiary alicyclic amines) is 1. The Morgan fingerprint density at radius 3 is 2.76 bits per heavy atom. The number of hydrogen-bond acceptors (Lipinski definition) is 4. The molecule has 1 aromatic carbocycles. The van der Waals surface area contributed by atoms with Gasteiger partial charge in [-0.1, -0.05) is 13.0 Å². The molecule has 0 N–H and O–H groups in total. The molecule has 1 fully saturated rings. The zero-order valence-electron chi connectivity index (χ0n) is 12.3. The van der Waals surface area contributed by atoms with E-state index in [1.807, 2.05) is 25.1 Å². The predicted octanol–water partition coefficient (Wildman–Crippen LogP) is 1.60. The predicted molar refractivity (Wildman–Crippen MR) is 75.5 cm³/mol. The highest BCUT2D eigenvalue weighted by molar-refractivity contribution is 5.95. The van der Waals surface area contributed by atoms with Crippen molar-refractivity contribution in [3.05, 3.63) is 34.9 Å². The highest BCUT2D eigenvalue weighted by atomic mass is 16.5. The summed E-state index contributed by atoms with van der Waals surface area (Å²) in [5.41, 5.74) is 2.89. The Morgan fingerprint density at radius 2 is 2.00 bits per heavy atom. The van der Waals surface area contributed by atoms with Gasteiger partial charge in [0.05, 0.1) is 26.2 Å². The van der Waals surface area contributed by atoms with Gasteiger partial charge in [0.25, 0.3) is 5.91 Å². The minimum atomic E-state index is -0.236. The number of carbonyl (C=O) groups excluding carboxylic acids is 2. The van der Waals surface area contributed by atoms with Gasteiger partial charge < -0.3 is 14.4 Å². The van der Waals surface area contributed by atoms with Gasteiger partial charge >= 0.3 is 5.97 Å². The molecule has 3 rings (SSSR count). The van der Waals surface area contributed by atoms with Crippen LogP contribution in [0.2, 0.25) is 0 Å². The van der Waals surface area contributed by atoms with Gasteiger partial charge in [0, 0.05) is 18.7 Å². The van der Waals surface area contributed by atoms with Crippen LogP contribution < -0.4 is 0 Å². The van der Waals surface area contributed by atoms with Gasteiger partial charge in [0.15, 0.2) is 0 Å². The number of rotatable bonds is 2. The molecule has 2 aliphatic heterocycles. The molecule has 0 radical (unpaired) electrons. The summed E-state index contributed by atoms with van der Waals surface area (Å²) >= 11 is 0. The molecule has 0 aromatic heterocycles. The summed E-state index contributed by atoms with van der Waals surface area (Å²) in [7, 11) is 1.39. The van der Waals surface area contributed by atoms with E-state index < -0.39 is 0 Å². The van der Waals surface area contributed by atoms with Gasteiger partial charge in [-0.3, -0.25) is 9.59 Å². The quantitative estimate of drug-likeness (QED) is 0.776. The van der Waals surface area contributed by atoms with Gasteiger partial charge in [0.1, 0.15) is 0 Å². The van der Waals surface area contributed by atoms with Crippen LogP contribution in [0.5, 0.6) is 0 Å². The maximum absolute atomic E-state index is 12.6. The zero-order chi connectivity index (χ0) is 15.0. The summed E-state index contributed by atoms with van der Waals surface area (Å²) in [6.07, 6.45) is 0. The number of methoxy groups -OCH3 is 1. The van der Waals surface area contributed by atoms with Gasteiger partial charge in [-0.15, -0.1) is 0 Å². The molecule has 2 aliphatic rings. The summed E-state index contributed by atoms with van der Waals surface area (Å²) in [5.74, 6) is -0.362. The SMILES string of the molecule is COC(=O)C1CN(C(=O)c2ccc3c(c2)COC3)CC1C. The molecule has 2 heterocycles. The third-order valence-electron chi connectivity index (χ3n) is 4.37. The van der Waals surface area contributed by atoms with Crippen molar-refractivity contribution in [3.63, 3.8) is 0 Å². The lowest BCUT2D eigenvalue weighted by Gasteiger charge is -2.16. The van der Waals surface area contributed by atoms with Crippen molar-refractivity contribution in [2.45, 2.75) is 20.1 Å². The summed E-state index contributed by atoms with van der Waals surface area (Å²) in [6, 6.07) is 5.69. The molecule has 2 unspecified atom stereocenters. The van der Waals surface area contributed by atoms with E-state index in [2.05, 4.69) is 0 Å². The van der Waals surface area contributed by atoms with Crippen LogP contribution in [0.3, 0.4) is 0 Å². The number of ether oxygens (including phenoxy) is 2. The molecular formula is C16H19NO4. The molecule has 0 bridgehead atoms. The first-order chi connectivity index (χ1) is 10.1. The first-order valence-electron chi connectivity index (χ1n) is 7.17. The standard InChI is InChI=1S/C16H19NO4/c1-10-6-17(7-14(10)16(19)20-2)15(18)11-3-4-12-8-21-9-13(12)5-11/h3-5,10,14H,6-9H2,1-2H3. The molecular weight excluding hydrogens is 270 g/mol. The Hall–Kier alpha value is -1.88. The summed E-state index contributed by atoms with van der Waals surface area (Å²) in [5, 5.41) is 0. The van der Waals surface area contributed by atoms with Crippen molar-refractivity contribution in [2.24, 2.45) is 11.8 Å². The summed E-state index contributed by atoms with van der Waals surface area (Å²) in [6.45, 7) is 4.18. The normalized spacial score (nSPS) is 24.0. The lowest BCUT2D eigenvalue weighted by Crippen LogP contribution is -2.30. The number of fused-ring (bicyclic) bond motifs is 1. The van der Waals surface area contributed by atoms with E-state index in [4.69, 9.17) is 9.47 Å². The number of hydrogen-bond donors (Lipinski definition) is 0. The minimum absolute atomic E-state index is 0.0250. The Labute approximate surface area is 123 Å². The maximum Gasteiger partial charge on any atom is 0.310 e. The van der Waals surface area contributed by atoms with Gasteiger partial charge in [-0.2, -0.15) is 0 Å². The van der Waals surface area contributed by atoms with Crippen molar-refractivity contribution in [1.82, 2.24) is 4.90 Å². The first kappa shape index (κ1) is 14.1. The highest BCUT2D eigenvalue weighted by Crippen LogP contribution is 2.27. The second-order valence-electron chi connectivity index (χ2n) is 5.79. The fourth-order valence-corrected chi connectivity index (χ4v) is 3.08. The van der Waals surface area contributed by atoms with Crippen molar-refractivity contribution in [1.29, 1.82) is 0 Å². The molecule has 1 saturated heterocycles. The van der Waals surface area contributed by atoms with Crippen LogP contribution in [-0.4, -0.2) is 37.0 Å². The maximum atomic E-state index is 12.6. The lowest BCUT2D eigenvalue weighted by atomic mass is 9.99. The molecule has 21 heavy (non-hydrogen) atoms. The molecule has 2 atom stereocenters. The Balaban J connectivity index is 1.76. The summed E-state index contributed by atoms with van der Waals surface area (Å²) < 4.78 is 10.2. The molecule has 0 aliphatic carbocycles. The summed E-state index contributed by atoms with van der Waals surface area (Å²) in [4.78, 5) is 26.0. The van der Waals surface area contributed by atoms with Crippen LogP contribution in [-0.2, 0) is 27.5 Å². The van der Waals surface area contributed by atoms with Crippen molar-refractivity contribution in [2.75, 3.05) is 20.2 Å². The molecule has 1 aromatic rings. The monoisotopic (exact) mass is 289 g/mol.